The second kappa shape index (κ2) is 17.3. The van der Waals surface area contributed by atoms with Crippen LogP contribution in [-0.2, 0) is 20.8 Å². The molecular formula is C34H39Cl2N5O6. The Labute approximate surface area is 284 Å². The summed E-state index contributed by atoms with van der Waals surface area (Å²) in [5, 5.41) is 20.5. The lowest BCUT2D eigenvalue weighted by atomic mass is 9.96. The minimum absolute atomic E-state index is 0.0180. The minimum atomic E-state index is -1.33. The molecule has 5 N–H and O–H groups in total. The SMILES string of the molecule is CCC(C)[C@@H](C(=O)NCC[C@H](NC(=O)c1c(Cl)cccc1Cl)C(=O)O)N(C)C(=O)Cc1ccc(NC(=O)Nc2ccccc2C)cc1. The number of carbonyl (C=O) groups is 5. The van der Waals surface area contributed by atoms with Gasteiger partial charge in [-0.15, -0.1) is 0 Å². The topological polar surface area (TPSA) is 157 Å². The molecule has 0 radical (unpaired) electrons. The zero-order valence-corrected chi connectivity index (χ0v) is 28.1. The van der Waals surface area contributed by atoms with Crippen molar-refractivity contribution in [2.45, 2.75) is 52.1 Å². The molecule has 0 aliphatic carbocycles. The molecule has 13 heteroatoms. The number of aryl methyl sites for hydroxylation is 1. The summed E-state index contributed by atoms with van der Waals surface area (Å²) < 4.78 is 0. The molecule has 3 atom stereocenters. The average molecular weight is 685 g/mol. The highest BCUT2D eigenvalue weighted by Crippen LogP contribution is 2.24. The number of likely N-dealkylation sites (N-methyl/N-ethyl adjacent to an activating group) is 1. The predicted molar refractivity (Wildman–Crippen MR) is 183 cm³/mol. The number of hydrogen-bond donors (Lipinski definition) is 5. The highest BCUT2D eigenvalue weighted by molar-refractivity contribution is 6.39. The van der Waals surface area contributed by atoms with E-state index in [0.717, 1.165) is 5.56 Å². The van der Waals surface area contributed by atoms with E-state index in [2.05, 4.69) is 21.3 Å². The van der Waals surface area contributed by atoms with E-state index in [1.54, 1.807) is 43.4 Å². The summed E-state index contributed by atoms with van der Waals surface area (Å²) in [4.78, 5) is 64.9. The van der Waals surface area contributed by atoms with Gasteiger partial charge in [0, 0.05) is 25.0 Å². The van der Waals surface area contributed by atoms with Gasteiger partial charge in [-0.2, -0.15) is 0 Å². The molecule has 11 nitrogen and oxygen atoms in total. The van der Waals surface area contributed by atoms with E-state index in [4.69, 9.17) is 23.2 Å². The molecule has 0 aromatic heterocycles. The summed E-state index contributed by atoms with van der Waals surface area (Å²) in [6, 6.07) is 16.2. The Morgan fingerprint density at radius 1 is 0.894 bits per heavy atom. The first-order valence-corrected chi connectivity index (χ1v) is 15.8. The van der Waals surface area contributed by atoms with Crippen LogP contribution in [0.15, 0.2) is 66.7 Å². The zero-order chi connectivity index (χ0) is 34.7. The first-order valence-electron chi connectivity index (χ1n) is 15.1. The van der Waals surface area contributed by atoms with Crippen LogP contribution in [0.3, 0.4) is 0 Å². The van der Waals surface area contributed by atoms with Gasteiger partial charge >= 0.3 is 12.0 Å². The Morgan fingerprint density at radius 2 is 1.53 bits per heavy atom. The maximum Gasteiger partial charge on any atom is 0.326 e. The third kappa shape index (κ3) is 10.5. The van der Waals surface area contributed by atoms with Crippen LogP contribution in [0.5, 0.6) is 0 Å². The average Bonchev–Trinajstić information content (AvgIpc) is 3.02. The molecule has 0 saturated heterocycles. The highest BCUT2D eigenvalue weighted by Gasteiger charge is 2.31. The molecule has 0 aliphatic heterocycles. The van der Waals surface area contributed by atoms with Gasteiger partial charge in [0.2, 0.25) is 11.8 Å². The summed E-state index contributed by atoms with van der Waals surface area (Å²) in [5.74, 6) is -3.00. The van der Waals surface area contributed by atoms with Crippen molar-refractivity contribution < 1.29 is 29.1 Å². The monoisotopic (exact) mass is 683 g/mol. The van der Waals surface area contributed by atoms with Crippen LogP contribution in [0, 0.1) is 12.8 Å². The molecule has 0 saturated carbocycles. The smallest absolute Gasteiger partial charge is 0.326 e. The standard InChI is InChI=1S/C34H39Cl2N5O6/c1-5-20(2)30(32(44)37-18-17-27(33(45)46)39-31(43)29-24(35)10-8-11-25(29)36)41(4)28(42)19-22-13-15-23(16-14-22)38-34(47)40-26-12-7-6-9-21(26)3/h6-16,20,27,30H,5,17-19H2,1-4H3,(H,37,44)(H,39,43)(H,45,46)(H2,38,40,47)/t20?,27-,30-/m0/s1. The van der Waals surface area contributed by atoms with Crippen molar-refractivity contribution in [2.24, 2.45) is 5.92 Å². The fourth-order valence-electron chi connectivity index (χ4n) is 4.84. The van der Waals surface area contributed by atoms with E-state index >= 15 is 0 Å². The van der Waals surface area contributed by atoms with E-state index in [1.165, 1.54) is 17.0 Å². The maximum atomic E-state index is 13.3. The summed E-state index contributed by atoms with van der Waals surface area (Å²) in [6.07, 6.45) is 0.500. The van der Waals surface area contributed by atoms with Gasteiger partial charge in [-0.3, -0.25) is 14.4 Å². The number of carboxylic acids is 1. The Hall–Kier alpha value is -4.61. The quantitative estimate of drug-likeness (QED) is 0.146. The second-order valence-electron chi connectivity index (χ2n) is 11.1. The molecule has 0 fully saturated rings. The van der Waals surface area contributed by atoms with Gasteiger partial charge in [0.05, 0.1) is 22.0 Å². The summed E-state index contributed by atoms with van der Waals surface area (Å²) >= 11 is 12.1. The fraction of sp³-hybridized carbons (Fsp3) is 0.324. The van der Waals surface area contributed by atoms with Gasteiger partial charge in [-0.05, 0) is 60.7 Å². The van der Waals surface area contributed by atoms with Crippen LogP contribution in [-0.4, -0.2) is 65.4 Å². The lowest BCUT2D eigenvalue weighted by Crippen LogP contribution is -2.52. The first kappa shape index (κ1) is 36.9. The zero-order valence-electron chi connectivity index (χ0n) is 26.6. The third-order valence-corrected chi connectivity index (χ3v) is 8.38. The van der Waals surface area contributed by atoms with Crippen molar-refractivity contribution >= 4 is 64.3 Å². The molecule has 3 aromatic carbocycles. The van der Waals surface area contributed by atoms with Gasteiger partial charge in [-0.25, -0.2) is 9.59 Å². The third-order valence-electron chi connectivity index (χ3n) is 7.75. The van der Waals surface area contributed by atoms with Gasteiger partial charge < -0.3 is 31.3 Å². The van der Waals surface area contributed by atoms with Crippen molar-refractivity contribution in [1.29, 1.82) is 0 Å². The van der Waals surface area contributed by atoms with Gasteiger partial charge in [0.15, 0.2) is 0 Å². The van der Waals surface area contributed by atoms with E-state index < -0.39 is 35.9 Å². The van der Waals surface area contributed by atoms with Gasteiger partial charge in [0.25, 0.3) is 5.91 Å². The largest absolute Gasteiger partial charge is 0.480 e. The van der Waals surface area contributed by atoms with Crippen LogP contribution in [0.1, 0.15) is 48.2 Å². The van der Waals surface area contributed by atoms with E-state index in [-0.39, 0.29) is 46.8 Å². The minimum Gasteiger partial charge on any atom is -0.480 e. The Bertz CT molecular complexity index is 1580. The van der Waals surface area contributed by atoms with Crippen molar-refractivity contribution in [2.75, 3.05) is 24.2 Å². The molecule has 0 aliphatic rings. The van der Waals surface area contributed by atoms with Crippen LogP contribution in [0.2, 0.25) is 10.0 Å². The lowest BCUT2D eigenvalue weighted by molar-refractivity contribution is -0.140. The van der Waals surface area contributed by atoms with E-state index in [0.29, 0.717) is 23.4 Å². The first-order chi connectivity index (χ1) is 22.3. The predicted octanol–water partition coefficient (Wildman–Crippen LogP) is 5.75. The van der Waals surface area contributed by atoms with Crippen LogP contribution in [0.4, 0.5) is 16.2 Å². The molecule has 250 valence electrons. The number of carboxylic acid groups (broad SMARTS) is 1. The summed E-state index contributed by atoms with van der Waals surface area (Å²) in [5.41, 5.74) is 2.82. The highest BCUT2D eigenvalue weighted by atomic mass is 35.5. The Kier molecular flexibility index (Phi) is 13.6. The number of rotatable bonds is 14. The number of nitrogens with zero attached hydrogens (tertiary/aromatic N) is 1. The molecule has 0 spiro atoms. The van der Waals surface area contributed by atoms with Crippen molar-refractivity contribution in [3.63, 3.8) is 0 Å². The number of hydrogen-bond acceptors (Lipinski definition) is 5. The number of amides is 5. The molecule has 3 rings (SSSR count). The molecule has 1 unspecified atom stereocenters. The number of benzene rings is 3. The normalized spacial score (nSPS) is 12.6. The Morgan fingerprint density at radius 3 is 2.13 bits per heavy atom. The molecule has 3 aromatic rings. The lowest BCUT2D eigenvalue weighted by Gasteiger charge is -2.31. The maximum absolute atomic E-state index is 13.3. The molecule has 0 bridgehead atoms. The molecular weight excluding hydrogens is 645 g/mol. The number of halogens is 2. The number of aliphatic carboxylic acids is 1. The fourth-order valence-corrected chi connectivity index (χ4v) is 5.41. The van der Waals surface area contributed by atoms with Crippen molar-refractivity contribution in [3.8, 4) is 0 Å². The Balaban J connectivity index is 1.57. The van der Waals surface area contributed by atoms with Gasteiger partial charge in [-0.1, -0.05) is 79.9 Å². The van der Waals surface area contributed by atoms with Crippen LogP contribution >= 0.6 is 23.2 Å². The number of para-hydroxylation sites is 1. The van der Waals surface area contributed by atoms with Gasteiger partial charge in [0.1, 0.15) is 12.1 Å². The second-order valence-corrected chi connectivity index (χ2v) is 12.0. The molecule has 47 heavy (non-hydrogen) atoms. The van der Waals surface area contributed by atoms with Crippen molar-refractivity contribution in [1.82, 2.24) is 15.5 Å². The molecule has 5 amide bonds. The number of carbonyl (C=O) groups excluding carboxylic acids is 4. The summed E-state index contributed by atoms with van der Waals surface area (Å²) in [6.45, 7) is 5.57. The van der Waals surface area contributed by atoms with Crippen LogP contribution < -0.4 is 21.3 Å². The van der Waals surface area contributed by atoms with E-state index in [9.17, 15) is 29.1 Å². The number of anilines is 2. The van der Waals surface area contributed by atoms with Crippen LogP contribution in [0.25, 0.3) is 0 Å². The summed E-state index contributed by atoms with van der Waals surface area (Å²) in [7, 11) is 1.55. The molecule has 0 heterocycles. The van der Waals surface area contributed by atoms with E-state index in [1.807, 2.05) is 39.0 Å². The number of urea groups is 1. The number of nitrogens with one attached hydrogen (secondary N) is 4. The van der Waals surface area contributed by atoms with Crippen molar-refractivity contribution in [3.05, 3.63) is 93.5 Å².